The van der Waals surface area contributed by atoms with Gasteiger partial charge in [0.15, 0.2) is 0 Å². The van der Waals surface area contributed by atoms with Crippen LogP contribution in [0.3, 0.4) is 0 Å². The van der Waals surface area contributed by atoms with Gasteiger partial charge in [0.1, 0.15) is 5.75 Å². The summed E-state index contributed by atoms with van der Waals surface area (Å²) < 4.78 is 11.2. The number of ether oxygens (including phenoxy) is 2. The number of methoxy groups -OCH3 is 1. The maximum Gasteiger partial charge on any atom is 0.255 e. The van der Waals surface area contributed by atoms with Crippen molar-refractivity contribution in [3.8, 4) is 5.75 Å². The number of hydrogen-bond donors (Lipinski definition) is 2. The lowest BCUT2D eigenvalue weighted by Gasteiger charge is -2.13. The Hall–Kier alpha value is -2.86. The molecular formula is C29H42N2O4. The van der Waals surface area contributed by atoms with Gasteiger partial charge in [0.05, 0.1) is 19.4 Å². The number of anilines is 1. The van der Waals surface area contributed by atoms with E-state index in [-0.39, 0.29) is 11.8 Å². The van der Waals surface area contributed by atoms with Crippen LogP contribution < -0.4 is 15.4 Å². The second-order valence-corrected chi connectivity index (χ2v) is 8.85. The molecule has 0 heterocycles. The topological polar surface area (TPSA) is 76.7 Å². The van der Waals surface area contributed by atoms with Crippen LogP contribution >= 0.6 is 0 Å². The van der Waals surface area contributed by atoms with E-state index in [0.717, 1.165) is 31.4 Å². The van der Waals surface area contributed by atoms with Crippen LogP contribution in [0.15, 0.2) is 42.5 Å². The van der Waals surface area contributed by atoms with E-state index < -0.39 is 0 Å². The van der Waals surface area contributed by atoms with Crippen LogP contribution in [-0.4, -0.2) is 32.1 Å². The fourth-order valence-corrected chi connectivity index (χ4v) is 3.73. The van der Waals surface area contributed by atoms with Gasteiger partial charge in [-0.3, -0.25) is 9.59 Å². The predicted molar refractivity (Wildman–Crippen MR) is 142 cm³/mol. The Balaban J connectivity index is 1.83. The lowest BCUT2D eigenvalue weighted by molar-refractivity contribution is 0.0951. The van der Waals surface area contributed by atoms with E-state index >= 15 is 0 Å². The molecule has 0 fully saturated rings. The Morgan fingerprint density at radius 1 is 0.771 bits per heavy atom. The largest absolute Gasteiger partial charge is 0.495 e. The molecule has 2 N–H and O–H groups in total. The van der Waals surface area contributed by atoms with Crippen molar-refractivity contribution < 1.29 is 19.1 Å². The first kappa shape index (κ1) is 28.4. The Morgan fingerprint density at radius 2 is 1.43 bits per heavy atom. The molecule has 0 bridgehead atoms. The summed E-state index contributed by atoms with van der Waals surface area (Å²) in [5.41, 5.74) is 2.50. The van der Waals surface area contributed by atoms with E-state index in [0.29, 0.717) is 35.7 Å². The van der Waals surface area contributed by atoms with Crippen molar-refractivity contribution in [1.82, 2.24) is 5.32 Å². The molecule has 0 aliphatic heterocycles. The average Bonchev–Trinajstić information content (AvgIpc) is 2.88. The van der Waals surface area contributed by atoms with Gasteiger partial charge in [0, 0.05) is 24.3 Å². The van der Waals surface area contributed by atoms with Gasteiger partial charge >= 0.3 is 0 Å². The molecule has 0 aromatic heterocycles. The molecule has 0 atom stereocenters. The SMILES string of the molecule is CCCCCCCCCOCc1ccc(C(=O)Nc2cc(C(=O)NCCCC)ccc2OC)cc1. The molecule has 0 aliphatic rings. The first-order chi connectivity index (χ1) is 17.1. The zero-order valence-corrected chi connectivity index (χ0v) is 21.7. The van der Waals surface area contributed by atoms with E-state index in [1.54, 1.807) is 30.3 Å². The smallest absolute Gasteiger partial charge is 0.255 e. The molecule has 6 nitrogen and oxygen atoms in total. The summed E-state index contributed by atoms with van der Waals surface area (Å²) in [5.74, 6) is 0.0682. The van der Waals surface area contributed by atoms with E-state index in [9.17, 15) is 9.59 Å². The Morgan fingerprint density at radius 3 is 2.11 bits per heavy atom. The highest BCUT2D eigenvalue weighted by atomic mass is 16.5. The van der Waals surface area contributed by atoms with E-state index in [4.69, 9.17) is 9.47 Å². The lowest BCUT2D eigenvalue weighted by Crippen LogP contribution is -2.24. The van der Waals surface area contributed by atoms with Crippen molar-refractivity contribution >= 4 is 17.5 Å². The molecule has 0 aliphatic carbocycles. The Kier molecular flexibility index (Phi) is 13.6. The fraction of sp³-hybridized carbons (Fsp3) is 0.517. The molecule has 192 valence electrons. The third kappa shape index (κ3) is 10.5. The van der Waals surface area contributed by atoms with Crippen LogP contribution in [0.25, 0.3) is 0 Å². The number of carbonyl (C=O) groups excluding carboxylic acids is 2. The molecule has 2 amide bonds. The molecule has 2 aromatic rings. The standard InChI is InChI=1S/C29H42N2O4/c1-4-6-8-9-10-11-12-20-35-22-23-13-15-24(16-14-23)29(33)31-26-21-25(17-18-27(26)34-3)28(32)30-19-7-5-2/h13-18,21H,4-12,19-20,22H2,1-3H3,(H,30,32)(H,31,33). The molecule has 6 heteroatoms. The normalized spacial score (nSPS) is 10.7. The van der Waals surface area contributed by atoms with Crippen molar-refractivity contribution in [2.24, 2.45) is 0 Å². The van der Waals surface area contributed by atoms with Crippen molar-refractivity contribution in [1.29, 1.82) is 0 Å². The number of amides is 2. The molecule has 0 unspecified atom stereocenters. The van der Waals surface area contributed by atoms with Gasteiger partial charge in [-0.25, -0.2) is 0 Å². The molecule has 0 spiro atoms. The molecule has 0 saturated heterocycles. The quantitative estimate of drug-likeness (QED) is 0.245. The highest BCUT2D eigenvalue weighted by Gasteiger charge is 2.13. The average molecular weight is 483 g/mol. The minimum absolute atomic E-state index is 0.169. The Labute approximate surface area is 210 Å². The highest BCUT2D eigenvalue weighted by molar-refractivity contribution is 6.06. The van der Waals surface area contributed by atoms with Crippen LogP contribution in [0.4, 0.5) is 5.69 Å². The number of nitrogens with one attached hydrogen (secondary N) is 2. The number of hydrogen-bond acceptors (Lipinski definition) is 4. The zero-order valence-electron chi connectivity index (χ0n) is 21.7. The minimum atomic E-state index is -0.262. The Bertz CT molecular complexity index is 896. The van der Waals surface area contributed by atoms with Crippen LogP contribution in [0.5, 0.6) is 5.75 Å². The van der Waals surface area contributed by atoms with E-state index in [1.165, 1.54) is 45.6 Å². The molecule has 2 aromatic carbocycles. The third-order valence-electron chi connectivity index (χ3n) is 5.90. The van der Waals surface area contributed by atoms with Crippen molar-refractivity contribution in [3.63, 3.8) is 0 Å². The third-order valence-corrected chi connectivity index (χ3v) is 5.90. The first-order valence-corrected chi connectivity index (χ1v) is 13.0. The van der Waals surface area contributed by atoms with Gasteiger partial charge in [-0.2, -0.15) is 0 Å². The van der Waals surface area contributed by atoms with Crippen molar-refractivity contribution in [2.75, 3.05) is 25.6 Å². The van der Waals surface area contributed by atoms with Crippen molar-refractivity contribution in [2.45, 2.75) is 78.2 Å². The summed E-state index contributed by atoms with van der Waals surface area (Å²) in [4.78, 5) is 25.2. The van der Waals surface area contributed by atoms with Crippen molar-refractivity contribution in [3.05, 3.63) is 59.2 Å². The summed E-state index contributed by atoms with van der Waals surface area (Å²) in [5, 5.41) is 5.76. The summed E-state index contributed by atoms with van der Waals surface area (Å²) in [6.07, 6.45) is 10.8. The van der Waals surface area contributed by atoms with Crippen LogP contribution in [-0.2, 0) is 11.3 Å². The highest BCUT2D eigenvalue weighted by Crippen LogP contribution is 2.26. The van der Waals surface area contributed by atoms with Crippen LogP contribution in [0.1, 0.15) is 97.9 Å². The van der Waals surface area contributed by atoms with Gasteiger partial charge in [-0.1, -0.05) is 70.9 Å². The molecule has 35 heavy (non-hydrogen) atoms. The zero-order chi connectivity index (χ0) is 25.3. The number of rotatable bonds is 17. The summed E-state index contributed by atoms with van der Waals surface area (Å²) in [7, 11) is 1.53. The van der Waals surface area contributed by atoms with Crippen LogP contribution in [0.2, 0.25) is 0 Å². The summed E-state index contributed by atoms with van der Waals surface area (Å²) in [6, 6.07) is 12.4. The van der Waals surface area contributed by atoms with Gasteiger partial charge in [-0.05, 0) is 48.7 Å². The van der Waals surface area contributed by atoms with Gasteiger partial charge in [-0.15, -0.1) is 0 Å². The first-order valence-electron chi connectivity index (χ1n) is 13.0. The molecule has 0 radical (unpaired) electrons. The molecular weight excluding hydrogens is 440 g/mol. The minimum Gasteiger partial charge on any atom is -0.495 e. The number of carbonyl (C=O) groups is 2. The van der Waals surface area contributed by atoms with Crippen LogP contribution in [0, 0.1) is 0 Å². The number of benzene rings is 2. The number of unbranched alkanes of at least 4 members (excludes halogenated alkanes) is 7. The maximum absolute atomic E-state index is 12.8. The van der Waals surface area contributed by atoms with E-state index in [2.05, 4.69) is 24.5 Å². The van der Waals surface area contributed by atoms with E-state index in [1.807, 2.05) is 12.1 Å². The molecule has 0 saturated carbocycles. The predicted octanol–water partition coefficient (Wildman–Crippen LogP) is 6.74. The second-order valence-electron chi connectivity index (χ2n) is 8.85. The second kappa shape index (κ2) is 16.7. The van der Waals surface area contributed by atoms with Gasteiger partial charge in [0.25, 0.3) is 11.8 Å². The van der Waals surface area contributed by atoms with Gasteiger partial charge < -0.3 is 20.1 Å². The fourth-order valence-electron chi connectivity index (χ4n) is 3.73. The summed E-state index contributed by atoms with van der Waals surface area (Å²) >= 11 is 0. The van der Waals surface area contributed by atoms with Gasteiger partial charge in [0.2, 0.25) is 0 Å². The molecule has 2 rings (SSSR count). The monoisotopic (exact) mass is 482 g/mol. The summed E-state index contributed by atoms with van der Waals surface area (Å²) in [6.45, 7) is 6.24. The lowest BCUT2D eigenvalue weighted by atomic mass is 10.1. The maximum atomic E-state index is 12.8.